The Morgan fingerprint density at radius 3 is 1.48 bits per heavy atom. The van der Waals surface area contributed by atoms with Gasteiger partial charge >= 0.3 is 0 Å². The van der Waals surface area contributed by atoms with Crippen molar-refractivity contribution in [3.63, 3.8) is 0 Å². The van der Waals surface area contributed by atoms with Crippen LogP contribution in [0.15, 0.2) is 245 Å². The Hall–Kier alpha value is -8.40. The number of benzene rings is 10. The number of hydrogen-bond acceptors (Lipinski definition) is 3. The molecule has 0 bridgehead atoms. The van der Waals surface area contributed by atoms with Gasteiger partial charge in [0, 0.05) is 49.6 Å². The van der Waals surface area contributed by atoms with E-state index in [0.717, 1.165) is 83.2 Å². The van der Waals surface area contributed by atoms with Gasteiger partial charge in [-0.1, -0.05) is 194 Å². The molecule has 13 rings (SSSR count). The first-order valence-electron chi connectivity index (χ1n) is 21.9. The van der Waals surface area contributed by atoms with Gasteiger partial charge in [-0.3, -0.25) is 0 Å². The van der Waals surface area contributed by atoms with Gasteiger partial charge < -0.3 is 13.7 Å². The fraction of sp³-hybridized carbons (Fsp3) is 0.0164. The molecule has 10 aromatic carbocycles. The molecule has 0 radical (unpaired) electrons. The van der Waals surface area contributed by atoms with Gasteiger partial charge in [0.2, 0.25) is 0 Å². The van der Waals surface area contributed by atoms with E-state index >= 15 is 0 Å². The Bertz CT molecular complexity index is 3690. The maximum Gasteiger partial charge on any atom is 0.143 e. The summed E-state index contributed by atoms with van der Waals surface area (Å²) in [5.74, 6) is 0. The highest BCUT2D eigenvalue weighted by molar-refractivity contribution is 6.11. The molecule has 3 heteroatoms. The zero-order chi connectivity index (χ0) is 42.2. The minimum absolute atomic E-state index is 0.538. The lowest BCUT2D eigenvalue weighted by Crippen LogP contribution is -2.28. The minimum Gasteiger partial charge on any atom is -0.455 e. The van der Waals surface area contributed by atoms with Crippen molar-refractivity contribution < 1.29 is 8.83 Å². The summed E-state index contributed by atoms with van der Waals surface area (Å²) in [5, 5.41) is 4.48. The summed E-state index contributed by atoms with van der Waals surface area (Å²) in [6.45, 7) is 0. The summed E-state index contributed by atoms with van der Waals surface area (Å²) in [5.41, 5.74) is 18.0. The lowest BCUT2D eigenvalue weighted by molar-refractivity contribution is 0.669. The summed E-state index contributed by atoms with van der Waals surface area (Å²) in [6, 6.07) is 85.3. The van der Waals surface area contributed by atoms with Gasteiger partial charge in [0.15, 0.2) is 0 Å². The summed E-state index contributed by atoms with van der Waals surface area (Å²) in [4.78, 5) is 2.44. The van der Waals surface area contributed by atoms with Crippen LogP contribution in [0, 0.1) is 0 Å². The monoisotopic (exact) mass is 817 g/mol. The van der Waals surface area contributed by atoms with E-state index in [1.807, 2.05) is 24.3 Å². The molecule has 0 atom stereocenters. The van der Waals surface area contributed by atoms with Crippen molar-refractivity contribution in [2.75, 3.05) is 4.90 Å². The number of anilines is 3. The Morgan fingerprint density at radius 1 is 0.328 bits per heavy atom. The third-order valence-corrected chi connectivity index (χ3v) is 13.4. The Labute approximate surface area is 370 Å². The smallest absolute Gasteiger partial charge is 0.143 e. The molecule has 1 aliphatic carbocycles. The van der Waals surface area contributed by atoms with Gasteiger partial charge in [-0.2, -0.15) is 0 Å². The summed E-state index contributed by atoms with van der Waals surface area (Å²) in [7, 11) is 0. The molecule has 2 heterocycles. The third kappa shape index (κ3) is 5.34. The van der Waals surface area contributed by atoms with Crippen LogP contribution in [0.25, 0.3) is 77.3 Å². The Balaban J connectivity index is 1.05. The molecule has 0 N–H and O–H groups in total. The van der Waals surface area contributed by atoms with Crippen LogP contribution < -0.4 is 4.90 Å². The second-order valence-electron chi connectivity index (χ2n) is 16.7. The van der Waals surface area contributed by atoms with Gasteiger partial charge in [-0.15, -0.1) is 0 Å². The van der Waals surface area contributed by atoms with Gasteiger partial charge in [-0.05, 0) is 81.4 Å². The van der Waals surface area contributed by atoms with Crippen molar-refractivity contribution in [2.45, 2.75) is 5.41 Å². The molecule has 64 heavy (non-hydrogen) atoms. The van der Waals surface area contributed by atoms with E-state index in [1.54, 1.807) is 0 Å². The summed E-state index contributed by atoms with van der Waals surface area (Å²) >= 11 is 0. The first-order chi connectivity index (χ1) is 31.8. The van der Waals surface area contributed by atoms with E-state index in [2.05, 4.69) is 217 Å². The molecule has 0 saturated heterocycles. The topological polar surface area (TPSA) is 29.5 Å². The van der Waals surface area contributed by atoms with E-state index in [-0.39, 0.29) is 0 Å². The number of rotatable bonds is 7. The molecule has 0 fully saturated rings. The molecule has 0 amide bonds. The minimum atomic E-state index is -0.538. The molecular formula is C61H39NO2. The average molecular weight is 818 g/mol. The van der Waals surface area contributed by atoms with E-state index in [4.69, 9.17) is 8.83 Å². The fourth-order valence-corrected chi connectivity index (χ4v) is 10.6. The highest BCUT2D eigenvalue weighted by Crippen LogP contribution is 2.59. The molecule has 1 aliphatic rings. The van der Waals surface area contributed by atoms with Crippen LogP contribution in [0.5, 0.6) is 0 Å². The zero-order valence-corrected chi connectivity index (χ0v) is 34.8. The Morgan fingerprint density at radius 2 is 0.828 bits per heavy atom. The van der Waals surface area contributed by atoms with Gasteiger partial charge in [0.25, 0.3) is 0 Å². The maximum atomic E-state index is 6.60. The lowest BCUT2D eigenvalue weighted by atomic mass is 9.68. The fourth-order valence-electron chi connectivity index (χ4n) is 10.6. The number of nitrogens with zero attached hydrogens (tertiary/aromatic N) is 1. The highest BCUT2D eigenvalue weighted by atomic mass is 16.3. The van der Waals surface area contributed by atoms with Crippen LogP contribution in [0.3, 0.4) is 0 Å². The van der Waals surface area contributed by atoms with E-state index in [0.29, 0.717) is 0 Å². The standard InChI is InChI=1S/C61H39NO2/c1-3-18-42(19-4-1)61(43-20-5-2-6-21-43)53-30-10-7-25-52(53)58-54(61)31-16-32-55(58)62(44-37-35-40(36-38-44)46-26-14-28-50-48-23-8-11-33-56(48)63-59(46)50)45-22-13-17-41(39-45)47-27-15-29-51-49-24-9-12-34-57(49)64-60(47)51/h1-39H. The predicted octanol–water partition coefficient (Wildman–Crippen LogP) is 16.7. The highest BCUT2D eigenvalue weighted by Gasteiger charge is 2.47. The second-order valence-corrected chi connectivity index (χ2v) is 16.7. The van der Waals surface area contributed by atoms with Crippen LogP contribution in [-0.4, -0.2) is 0 Å². The SMILES string of the molecule is c1ccc(C2(c3ccccc3)c3ccccc3-c3c(N(c4ccc(-c5cccc6c5oc5ccccc56)cc4)c4cccc(-c5cccc6c5oc5ccccc56)c4)cccc32)cc1. The van der Waals surface area contributed by atoms with Crippen molar-refractivity contribution in [1.29, 1.82) is 0 Å². The van der Waals surface area contributed by atoms with Crippen LogP contribution in [0.1, 0.15) is 22.3 Å². The van der Waals surface area contributed by atoms with Gasteiger partial charge in [-0.25, -0.2) is 0 Å². The maximum absolute atomic E-state index is 6.60. The molecule has 12 aromatic rings. The molecule has 0 unspecified atom stereocenters. The largest absolute Gasteiger partial charge is 0.455 e. The van der Waals surface area contributed by atoms with E-state index < -0.39 is 5.41 Å². The number of para-hydroxylation sites is 4. The average Bonchev–Trinajstić information content (AvgIpc) is 4.04. The zero-order valence-electron chi connectivity index (χ0n) is 34.8. The molecular weight excluding hydrogens is 779 g/mol. The first kappa shape index (κ1) is 36.3. The lowest BCUT2D eigenvalue weighted by Gasteiger charge is -2.34. The van der Waals surface area contributed by atoms with Crippen molar-refractivity contribution in [3.8, 4) is 33.4 Å². The quantitative estimate of drug-likeness (QED) is 0.160. The van der Waals surface area contributed by atoms with Crippen LogP contribution in [-0.2, 0) is 5.41 Å². The summed E-state index contributed by atoms with van der Waals surface area (Å²) < 4.78 is 13.1. The predicted molar refractivity (Wildman–Crippen MR) is 264 cm³/mol. The number of furan rings is 2. The van der Waals surface area contributed by atoms with Gasteiger partial charge in [0.05, 0.1) is 11.1 Å². The molecule has 0 spiro atoms. The molecule has 0 aliphatic heterocycles. The van der Waals surface area contributed by atoms with E-state index in [1.165, 1.54) is 33.4 Å². The second kappa shape index (κ2) is 14.3. The summed E-state index contributed by atoms with van der Waals surface area (Å²) in [6.07, 6.45) is 0. The van der Waals surface area contributed by atoms with Crippen molar-refractivity contribution in [2.24, 2.45) is 0 Å². The van der Waals surface area contributed by atoms with Crippen molar-refractivity contribution in [3.05, 3.63) is 259 Å². The van der Waals surface area contributed by atoms with Crippen molar-refractivity contribution in [1.82, 2.24) is 0 Å². The number of fused-ring (bicyclic) bond motifs is 9. The third-order valence-electron chi connectivity index (χ3n) is 13.4. The number of hydrogen-bond donors (Lipinski definition) is 0. The Kier molecular flexibility index (Phi) is 8.13. The van der Waals surface area contributed by atoms with Crippen molar-refractivity contribution >= 4 is 60.9 Å². The van der Waals surface area contributed by atoms with Crippen LogP contribution in [0.2, 0.25) is 0 Å². The van der Waals surface area contributed by atoms with Gasteiger partial charge in [0.1, 0.15) is 22.3 Å². The molecule has 300 valence electrons. The van der Waals surface area contributed by atoms with Crippen LogP contribution >= 0.6 is 0 Å². The van der Waals surface area contributed by atoms with Crippen LogP contribution in [0.4, 0.5) is 17.1 Å². The molecule has 2 aromatic heterocycles. The first-order valence-corrected chi connectivity index (χ1v) is 21.9. The molecule has 3 nitrogen and oxygen atoms in total. The molecule has 0 saturated carbocycles. The normalized spacial score (nSPS) is 12.8. The van der Waals surface area contributed by atoms with E-state index in [9.17, 15) is 0 Å².